The average molecular weight is 330 g/mol. The summed E-state index contributed by atoms with van der Waals surface area (Å²) in [5.41, 5.74) is 2.27. The number of hydrogen-bond donors (Lipinski definition) is 1. The highest BCUT2D eigenvalue weighted by molar-refractivity contribution is 6.74. The summed E-state index contributed by atoms with van der Waals surface area (Å²) in [6.07, 6.45) is 3.17. The van der Waals surface area contributed by atoms with E-state index in [1.54, 1.807) is 49.7 Å². The molecule has 0 saturated heterocycles. The lowest BCUT2D eigenvalue weighted by molar-refractivity contribution is 0.0526. The minimum absolute atomic E-state index is 0.231. The number of carbonyl (C=O) groups excluding carboxylic acids is 1. The third kappa shape index (κ3) is 2.93. The van der Waals surface area contributed by atoms with Crippen LogP contribution >= 0.6 is 11.6 Å². The Morgan fingerprint density at radius 1 is 1.35 bits per heavy atom. The number of hydrazone groups is 1. The minimum atomic E-state index is -1.05. The van der Waals surface area contributed by atoms with Crippen molar-refractivity contribution in [2.24, 2.45) is 5.10 Å². The molecule has 0 aliphatic carbocycles. The fourth-order valence-corrected chi connectivity index (χ4v) is 2.58. The van der Waals surface area contributed by atoms with Gasteiger partial charge < -0.3 is 9.76 Å². The summed E-state index contributed by atoms with van der Waals surface area (Å²) >= 11 is 6.07. The monoisotopic (exact) mass is 329 g/mol. The molecule has 8 heteroatoms. The molecule has 0 unspecified atom stereocenters. The van der Waals surface area contributed by atoms with Gasteiger partial charge in [-0.05, 0) is 42.8 Å². The molecule has 0 amide bonds. The fraction of sp³-hybridized carbons (Fsp3) is 0.133. The van der Waals surface area contributed by atoms with Gasteiger partial charge in [-0.15, -0.1) is 0 Å². The van der Waals surface area contributed by atoms with Crippen LogP contribution in [0.2, 0.25) is 5.15 Å². The third-order valence-corrected chi connectivity index (χ3v) is 3.73. The molecule has 23 heavy (non-hydrogen) atoms. The van der Waals surface area contributed by atoms with Gasteiger partial charge in [-0.25, -0.2) is 9.78 Å². The second-order valence-corrected chi connectivity index (χ2v) is 5.19. The molecule has 0 saturated carbocycles. The normalized spacial score (nSPS) is 13.0. The number of rotatable bonds is 3. The second kappa shape index (κ2) is 6.40. The molecule has 1 aromatic heterocycles. The summed E-state index contributed by atoms with van der Waals surface area (Å²) in [5, 5.41) is 15.0. The van der Waals surface area contributed by atoms with Gasteiger partial charge in [0.15, 0.2) is 0 Å². The zero-order chi connectivity index (χ0) is 16.4. The molecule has 0 spiro atoms. The predicted molar refractivity (Wildman–Crippen MR) is 89.3 cm³/mol. The van der Waals surface area contributed by atoms with Crippen molar-refractivity contribution in [1.82, 2.24) is 4.98 Å². The summed E-state index contributed by atoms with van der Waals surface area (Å²) < 4.78 is 4.94. The molecule has 1 aliphatic rings. The molecule has 2 aromatic rings. The maximum atomic E-state index is 11.7. The molecular weight excluding hydrogens is 316 g/mol. The van der Waals surface area contributed by atoms with Gasteiger partial charge in [0.25, 0.3) is 0 Å². The van der Waals surface area contributed by atoms with Crippen LogP contribution in [0.4, 0.5) is 5.69 Å². The van der Waals surface area contributed by atoms with Crippen molar-refractivity contribution in [2.45, 2.75) is 6.92 Å². The summed E-state index contributed by atoms with van der Waals surface area (Å²) in [6.45, 7) is 2.07. The number of aromatic nitrogens is 1. The van der Waals surface area contributed by atoms with E-state index in [1.165, 1.54) is 4.92 Å². The molecule has 1 aromatic carbocycles. The SMILES string of the molecule is CCOC(=O)c1ccc(N2N=Cc3ccnc(Cl)c3B2O)cc1. The Hall–Kier alpha value is -2.38. The van der Waals surface area contributed by atoms with Gasteiger partial charge in [-0.2, -0.15) is 5.10 Å². The molecule has 0 bridgehead atoms. The van der Waals surface area contributed by atoms with E-state index in [0.717, 1.165) is 5.56 Å². The number of esters is 1. The first kappa shape index (κ1) is 15.5. The Morgan fingerprint density at radius 3 is 2.78 bits per heavy atom. The first-order chi connectivity index (χ1) is 11.1. The van der Waals surface area contributed by atoms with E-state index in [2.05, 4.69) is 10.1 Å². The van der Waals surface area contributed by atoms with E-state index in [9.17, 15) is 9.82 Å². The first-order valence-corrected chi connectivity index (χ1v) is 7.42. The maximum absolute atomic E-state index is 11.7. The molecule has 0 radical (unpaired) electrons. The Labute approximate surface area is 138 Å². The van der Waals surface area contributed by atoms with Crippen LogP contribution in [0.25, 0.3) is 0 Å². The van der Waals surface area contributed by atoms with E-state index in [0.29, 0.717) is 23.3 Å². The number of carbonyl (C=O) groups is 1. The summed E-state index contributed by atoms with van der Waals surface area (Å²) in [5.74, 6) is -0.390. The highest BCUT2D eigenvalue weighted by Crippen LogP contribution is 2.20. The van der Waals surface area contributed by atoms with Crippen LogP contribution in [-0.4, -0.2) is 35.8 Å². The smallest absolute Gasteiger partial charge is 0.462 e. The van der Waals surface area contributed by atoms with Crippen molar-refractivity contribution < 1.29 is 14.6 Å². The molecule has 116 valence electrons. The Morgan fingerprint density at radius 2 is 2.09 bits per heavy atom. The van der Waals surface area contributed by atoms with Gasteiger partial charge in [0.05, 0.1) is 18.4 Å². The van der Waals surface area contributed by atoms with Gasteiger partial charge in [-0.1, -0.05) is 11.6 Å². The molecule has 3 rings (SSSR count). The Kier molecular flexibility index (Phi) is 4.32. The van der Waals surface area contributed by atoms with Gasteiger partial charge in [0.1, 0.15) is 5.15 Å². The van der Waals surface area contributed by atoms with Crippen molar-refractivity contribution in [3.05, 3.63) is 52.8 Å². The Bertz CT molecular complexity index is 767. The van der Waals surface area contributed by atoms with E-state index in [-0.39, 0.29) is 11.1 Å². The van der Waals surface area contributed by atoms with Crippen molar-refractivity contribution in [1.29, 1.82) is 0 Å². The molecular formula is C15H13BClN3O3. The van der Waals surface area contributed by atoms with Crippen LogP contribution in [0.5, 0.6) is 0 Å². The van der Waals surface area contributed by atoms with Crippen LogP contribution in [0.1, 0.15) is 22.8 Å². The molecule has 0 atom stereocenters. The minimum Gasteiger partial charge on any atom is -0.462 e. The summed E-state index contributed by atoms with van der Waals surface area (Å²) in [7, 11) is -1.05. The second-order valence-electron chi connectivity index (χ2n) is 4.83. The maximum Gasteiger partial charge on any atom is 0.474 e. The van der Waals surface area contributed by atoms with E-state index >= 15 is 0 Å². The number of halogens is 1. The zero-order valence-corrected chi connectivity index (χ0v) is 13.1. The number of anilines is 1. The van der Waals surface area contributed by atoms with Crippen LogP contribution in [0, 0.1) is 0 Å². The highest BCUT2D eigenvalue weighted by Gasteiger charge is 2.32. The van der Waals surface area contributed by atoms with Gasteiger partial charge in [0.2, 0.25) is 0 Å². The molecule has 1 N–H and O–H groups in total. The number of nitrogens with zero attached hydrogens (tertiary/aromatic N) is 3. The first-order valence-electron chi connectivity index (χ1n) is 7.04. The molecule has 1 aliphatic heterocycles. The van der Waals surface area contributed by atoms with Crippen molar-refractivity contribution in [2.75, 3.05) is 11.5 Å². The fourth-order valence-electron chi connectivity index (χ4n) is 2.31. The summed E-state index contributed by atoms with van der Waals surface area (Å²) in [4.78, 5) is 17.1. The lowest BCUT2D eigenvalue weighted by Crippen LogP contribution is -2.51. The van der Waals surface area contributed by atoms with Gasteiger partial charge in [-0.3, -0.25) is 4.92 Å². The third-order valence-electron chi connectivity index (χ3n) is 3.43. The molecule has 2 heterocycles. The van der Waals surface area contributed by atoms with Crippen LogP contribution < -0.4 is 10.4 Å². The van der Waals surface area contributed by atoms with E-state index < -0.39 is 7.05 Å². The van der Waals surface area contributed by atoms with E-state index in [1.807, 2.05) is 0 Å². The van der Waals surface area contributed by atoms with Gasteiger partial charge in [0, 0.05) is 17.3 Å². The number of ether oxygens (including phenoxy) is 1. The van der Waals surface area contributed by atoms with Crippen LogP contribution in [-0.2, 0) is 4.74 Å². The van der Waals surface area contributed by atoms with Crippen LogP contribution in [0.3, 0.4) is 0 Å². The number of fused-ring (bicyclic) bond motifs is 1. The van der Waals surface area contributed by atoms with Crippen molar-refractivity contribution in [3.8, 4) is 0 Å². The lowest BCUT2D eigenvalue weighted by atomic mass is 9.70. The zero-order valence-electron chi connectivity index (χ0n) is 12.3. The average Bonchev–Trinajstić information content (AvgIpc) is 2.56. The van der Waals surface area contributed by atoms with Gasteiger partial charge >= 0.3 is 13.0 Å². The largest absolute Gasteiger partial charge is 0.474 e. The number of hydrogen-bond acceptors (Lipinski definition) is 6. The summed E-state index contributed by atoms with van der Waals surface area (Å²) in [6, 6.07) is 8.34. The predicted octanol–water partition coefficient (Wildman–Crippen LogP) is 1.45. The van der Waals surface area contributed by atoms with Crippen molar-refractivity contribution >= 4 is 42.0 Å². The van der Waals surface area contributed by atoms with Crippen molar-refractivity contribution in [3.63, 3.8) is 0 Å². The standard InChI is InChI=1S/C15H13BClN3O3/c1-2-23-15(21)10-3-5-12(6-4-10)20-16(22)13-11(9-19-20)7-8-18-14(13)17/h3-9,22H,2H2,1H3. The lowest BCUT2D eigenvalue weighted by Gasteiger charge is -2.27. The Balaban J connectivity index is 1.89. The van der Waals surface area contributed by atoms with E-state index in [4.69, 9.17) is 16.3 Å². The van der Waals surface area contributed by atoms with Crippen LogP contribution in [0.15, 0.2) is 41.6 Å². The molecule has 0 fully saturated rings. The topological polar surface area (TPSA) is 75.0 Å². The quantitative estimate of drug-likeness (QED) is 0.524. The number of pyridine rings is 1. The highest BCUT2D eigenvalue weighted by atomic mass is 35.5. The number of benzene rings is 1. The molecule has 6 nitrogen and oxygen atoms in total.